The molecule has 3 nitrogen and oxygen atoms in total. The van der Waals surface area contributed by atoms with Gasteiger partial charge in [-0.05, 0) is 42.3 Å². The zero-order chi connectivity index (χ0) is 16.4. The van der Waals surface area contributed by atoms with Gasteiger partial charge in [-0.3, -0.25) is 4.79 Å². The Morgan fingerprint density at radius 1 is 1.30 bits per heavy atom. The van der Waals surface area contributed by atoms with Gasteiger partial charge in [-0.1, -0.05) is 6.07 Å². The molecule has 0 aliphatic rings. The van der Waals surface area contributed by atoms with E-state index in [1.165, 1.54) is 25.1 Å². The van der Waals surface area contributed by atoms with Crippen molar-refractivity contribution < 1.29 is 13.6 Å². The standard InChI is InChI=1S/C18H14F2N2O/c1-11(23)2-3-14-10-22-18-16(14)7-12(9-21-18)6-13-4-5-15(19)8-17(13)20/h2-5,7-10H,6H2,1H3,(H,21,22)/b3-2+. The second kappa shape index (κ2) is 6.12. The van der Waals surface area contributed by atoms with Crippen LogP contribution in [0.2, 0.25) is 0 Å². The van der Waals surface area contributed by atoms with Crippen molar-refractivity contribution in [2.24, 2.45) is 0 Å². The number of nitrogens with zero attached hydrogens (tertiary/aromatic N) is 1. The highest BCUT2D eigenvalue weighted by Gasteiger charge is 2.08. The van der Waals surface area contributed by atoms with Gasteiger partial charge in [-0.25, -0.2) is 13.8 Å². The highest BCUT2D eigenvalue weighted by Crippen LogP contribution is 2.21. The number of carbonyl (C=O) groups is 1. The van der Waals surface area contributed by atoms with Crippen LogP contribution in [0.1, 0.15) is 23.6 Å². The molecule has 1 aromatic carbocycles. The van der Waals surface area contributed by atoms with E-state index in [-0.39, 0.29) is 5.78 Å². The van der Waals surface area contributed by atoms with E-state index in [4.69, 9.17) is 0 Å². The molecule has 3 aromatic rings. The van der Waals surface area contributed by atoms with Crippen molar-refractivity contribution in [3.63, 3.8) is 0 Å². The summed E-state index contributed by atoms with van der Waals surface area (Å²) in [5.41, 5.74) is 2.74. The molecule has 2 aromatic heterocycles. The maximum Gasteiger partial charge on any atom is 0.152 e. The van der Waals surface area contributed by atoms with Crippen LogP contribution < -0.4 is 0 Å². The summed E-state index contributed by atoms with van der Waals surface area (Å²) < 4.78 is 26.7. The highest BCUT2D eigenvalue weighted by atomic mass is 19.1. The van der Waals surface area contributed by atoms with Crippen LogP contribution in [0.15, 0.2) is 42.7 Å². The number of halogens is 2. The van der Waals surface area contributed by atoms with Crippen molar-refractivity contribution in [1.29, 1.82) is 0 Å². The number of carbonyl (C=O) groups excluding carboxylic acids is 1. The van der Waals surface area contributed by atoms with Crippen LogP contribution >= 0.6 is 0 Å². The summed E-state index contributed by atoms with van der Waals surface area (Å²) in [7, 11) is 0. The maximum atomic E-state index is 13.8. The summed E-state index contributed by atoms with van der Waals surface area (Å²) >= 11 is 0. The smallest absolute Gasteiger partial charge is 0.152 e. The molecule has 0 saturated heterocycles. The Labute approximate surface area is 131 Å². The van der Waals surface area contributed by atoms with Crippen LogP contribution in [0.4, 0.5) is 8.78 Å². The number of hydrogen-bond acceptors (Lipinski definition) is 2. The van der Waals surface area contributed by atoms with Gasteiger partial charge >= 0.3 is 0 Å². The van der Waals surface area contributed by atoms with Crippen LogP contribution in [0.25, 0.3) is 17.1 Å². The van der Waals surface area contributed by atoms with E-state index in [0.717, 1.165) is 22.6 Å². The molecular formula is C18H14F2N2O. The largest absolute Gasteiger partial charge is 0.346 e. The van der Waals surface area contributed by atoms with Crippen molar-refractivity contribution >= 4 is 22.9 Å². The second-order valence-electron chi connectivity index (χ2n) is 5.34. The van der Waals surface area contributed by atoms with Crippen molar-refractivity contribution in [2.75, 3.05) is 0 Å². The fourth-order valence-electron chi connectivity index (χ4n) is 2.39. The third-order valence-corrected chi connectivity index (χ3v) is 3.53. The second-order valence-corrected chi connectivity index (χ2v) is 5.34. The van der Waals surface area contributed by atoms with Crippen LogP contribution in [0.5, 0.6) is 0 Å². The van der Waals surface area contributed by atoms with Crippen molar-refractivity contribution in [3.05, 3.63) is 71.1 Å². The van der Waals surface area contributed by atoms with Gasteiger partial charge in [0.25, 0.3) is 0 Å². The van der Waals surface area contributed by atoms with Gasteiger partial charge in [-0.15, -0.1) is 0 Å². The van der Waals surface area contributed by atoms with Crippen molar-refractivity contribution in [1.82, 2.24) is 9.97 Å². The van der Waals surface area contributed by atoms with Crippen molar-refractivity contribution in [2.45, 2.75) is 13.3 Å². The van der Waals surface area contributed by atoms with Gasteiger partial charge in [0.2, 0.25) is 0 Å². The Bertz CT molecular complexity index is 913. The number of aromatic amines is 1. The number of aromatic nitrogens is 2. The minimum absolute atomic E-state index is 0.0446. The van der Waals surface area contributed by atoms with Crippen LogP contribution in [0.3, 0.4) is 0 Å². The summed E-state index contributed by atoms with van der Waals surface area (Å²) in [6.45, 7) is 1.48. The average molecular weight is 312 g/mol. The number of rotatable bonds is 4. The Hall–Kier alpha value is -2.82. The van der Waals surface area contributed by atoms with Gasteiger partial charge in [-0.2, -0.15) is 0 Å². The third-order valence-electron chi connectivity index (χ3n) is 3.53. The first-order valence-corrected chi connectivity index (χ1v) is 7.11. The Balaban J connectivity index is 1.95. The average Bonchev–Trinajstić information content (AvgIpc) is 2.90. The van der Waals surface area contributed by atoms with E-state index in [9.17, 15) is 13.6 Å². The van der Waals surface area contributed by atoms with E-state index in [2.05, 4.69) is 9.97 Å². The zero-order valence-electron chi connectivity index (χ0n) is 12.4. The molecule has 0 bridgehead atoms. The lowest BCUT2D eigenvalue weighted by Crippen LogP contribution is -1.94. The fourth-order valence-corrected chi connectivity index (χ4v) is 2.39. The molecule has 0 atom stereocenters. The lowest BCUT2D eigenvalue weighted by molar-refractivity contribution is -0.112. The zero-order valence-corrected chi connectivity index (χ0v) is 12.4. The molecule has 1 N–H and O–H groups in total. The molecule has 116 valence electrons. The predicted octanol–water partition coefficient (Wildman–Crippen LogP) is 4.03. The molecule has 0 fully saturated rings. The number of ketones is 1. The number of hydrogen-bond donors (Lipinski definition) is 1. The molecular weight excluding hydrogens is 298 g/mol. The minimum atomic E-state index is -0.595. The SMILES string of the molecule is CC(=O)/C=C/c1c[nH]c2ncc(Cc3ccc(F)cc3F)cc12. The molecule has 0 unspecified atom stereocenters. The Morgan fingerprint density at radius 2 is 2.13 bits per heavy atom. The molecule has 0 aliphatic carbocycles. The molecule has 23 heavy (non-hydrogen) atoms. The number of pyridine rings is 1. The number of benzene rings is 1. The molecule has 5 heteroatoms. The first-order valence-electron chi connectivity index (χ1n) is 7.11. The lowest BCUT2D eigenvalue weighted by atomic mass is 10.0. The van der Waals surface area contributed by atoms with Crippen LogP contribution in [-0.4, -0.2) is 15.8 Å². The Morgan fingerprint density at radius 3 is 2.87 bits per heavy atom. The van der Waals surface area contributed by atoms with E-state index in [1.807, 2.05) is 6.07 Å². The molecule has 2 heterocycles. The molecule has 0 radical (unpaired) electrons. The normalized spacial score (nSPS) is 11.4. The van der Waals surface area contributed by atoms with Gasteiger partial charge in [0, 0.05) is 35.8 Å². The molecule has 0 amide bonds. The molecule has 0 saturated carbocycles. The first kappa shape index (κ1) is 15.1. The molecule has 0 spiro atoms. The maximum absolute atomic E-state index is 13.8. The van der Waals surface area contributed by atoms with E-state index in [1.54, 1.807) is 18.5 Å². The van der Waals surface area contributed by atoms with Gasteiger partial charge in [0.1, 0.15) is 17.3 Å². The van der Waals surface area contributed by atoms with E-state index < -0.39 is 11.6 Å². The number of allylic oxidation sites excluding steroid dienone is 1. The summed E-state index contributed by atoms with van der Waals surface area (Å²) in [6, 6.07) is 5.43. The lowest BCUT2D eigenvalue weighted by Gasteiger charge is -2.04. The van der Waals surface area contributed by atoms with E-state index >= 15 is 0 Å². The summed E-state index contributed by atoms with van der Waals surface area (Å²) in [5.74, 6) is -1.21. The summed E-state index contributed by atoms with van der Waals surface area (Å²) in [4.78, 5) is 18.4. The van der Waals surface area contributed by atoms with Gasteiger partial charge in [0.05, 0.1) is 0 Å². The number of nitrogens with one attached hydrogen (secondary N) is 1. The Kier molecular flexibility index (Phi) is 4.02. The fraction of sp³-hybridized carbons (Fsp3) is 0.111. The van der Waals surface area contributed by atoms with Crippen LogP contribution in [-0.2, 0) is 11.2 Å². The third kappa shape index (κ3) is 3.34. The number of fused-ring (bicyclic) bond motifs is 1. The summed E-state index contributed by atoms with van der Waals surface area (Å²) in [6.07, 6.45) is 6.93. The van der Waals surface area contributed by atoms with Crippen LogP contribution in [0, 0.1) is 11.6 Å². The van der Waals surface area contributed by atoms with E-state index in [0.29, 0.717) is 17.6 Å². The number of H-pyrrole nitrogens is 1. The first-order chi connectivity index (χ1) is 11.0. The summed E-state index contributed by atoms with van der Waals surface area (Å²) in [5, 5.41) is 0.850. The molecule has 3 rings (SSSR count). The quantitative estimate of drug-likeness (QED) is 0.739. The van der Waals surface area contributed by atoms with Gasteiger partial charge < -0.3 is 4.98 Å². The van der Waals surface area contributed by atoms with Crippen molar-refractivity contribution in [3.8, 4) is 0 Å². The predicted molar refractivity (Wildman–Crippen MR) is 85.0 cm³/mol. The molecule has 0 aliphatic heterocycles. The minimum Gasteiger partial charge on any atom is -0.346 e. The van der Waals surface area contributed by atoms with Gasteiger partial charge in [0.15, 0.2) is 5.78 Å². The topological polar surface area (TPSA) is 45.8 Å². The highest BCUT2D eigenvalue weighted by molar-refractivity contribution is 5.95. The monoisotopic (exact) mass is 312 g/mol.